The standard InChI is InChI=1S/C19H27N5O3/c1-3-20-19(21-13-15-12-17(26-2)4-5-18(15)25)24-9-7-23(8-10-24)14-16-6-11-27-22-16/h4-6,11-12,25H,3,7-10,13-14H2,1-2H3,(H,20,21). The third kappa shape index (κ3) is 5.13. The Kier molecular flexibility index (Phi) is 6.54. The molecule has 0 spiro atoms. The van der Waals surface area contributed by atoms with Gasteiger partial charge in [0.25, 0.3) is 0 Å². The quantitative estimate of drug-likeness (QED) is 0.588. The highest BCUT2D eigenvalue weighted by Crippen LogP contribution is 2.23. The van der Waals surface area contributed by atoms with Crippen molar-refractivity contribution in [2.45, 2.75) is 20.0 Å². The largest absolute Gasteiger partial charge is 0.508 e. The maximum atomic E-state index is 10.1. The molecule has 0 saturated carbocycles. The molecule has 1 aromatic heterocycles. The monoisotopic (exact) mass is 373 g/mol. The zero-order valence-corrected chi connectivity index (χ0v) is 15.9. The minimum absolute atomic E-state index is 0.229. The fourth-order valence-corrected chi connectivity index (χ4v) is 3.07. The molecule has 2 N–H and O–H groups in total. The van der Waals surface area contributed by atoms with Crippen LogP contribution in [-0.2, 0) is 13.1 Å². The molecule has 0 aliphatic carbocycles. The predicted molar refractivity (Wildman–Crippen MR) is 103 cm³/mol. The second-order valence-corrected chi connectivity index (χ2v) is 6.42. The van der Waals surface area contributed by atoms with Crippen LogP contribution in [0.2, 0.25) is 0 Å². The molecule has 146 valence electrons. The van der Waals surface area contributed by atoms with Crippen molar-refractivity contribution in [1.29, 1.82) is 0 Å². The number of methoxy groups -OCH3 is 1. The van der Waals surface area contributed by atoms with Crippen LogP contribution in [0.1, 0.15) is 18.2 Å². The minimum Gasteiger partial charge on any atom is -0.508 e. The van der Waals surface area contributed by atoms with Crippen LogP contribution in [-0.4, -0.2) is 65.9 Å². The normalized spacial score (nSPS) is 15.8. The fourth-order valence-electron chi connectivity index (χ4n) is 3.07. The number of nitrogens with zero attached hydrogens (tertiary/aromatic N) is 4. The van der Waals surface area contributed by atoms with Crippen LogP contribution in [0.5, 0.6) is 11.5 Å². The van der Waals surface area contributed by atoms with Gasteiger partial charge in [0.2, 0.25) is 0 Å². The van der Waals surface area contributed by atoms with Crippen LogP contribution < -0.4 is 10.1 Å². The summed E-state index contributed by atoms with van der Waals surface area (Å²) in [5, 5.41) is 17.4. The number of benzene rings is 1. The Bertz CT molecular complexity index is 740. The molecule has 0 bridgehead atoms. The van der Waals surface area contributed by atoms with Crippen LogP contribution in [0.25, 0.3) is 0 Å². The van der Waals surface area contributed by atoms with Crippen molar-refractivity contribution in [2.75, 3.05) is 39.8 Å². The van der Waals surface area contributed by atoms with Gasteiger partial charge in [-0.15, -0.1) is 0 Å². The Balaban J connectivity index is 1.61. The fraction of sp³-hybridized carbons (Fsp3) is 0.474. The molecule has 0 amide bonds. The van der Waals surface area contributed by atoms with Crippen molar-refractivity contribution < 1.29 is 14.4 Å². The van der Waals surface area contributed by atoms with Gasteiger partial charge in [0, 0.05) is 50.9 Å². The second kappa shape index (κ2) is 9.27. The predicted octanol–water partition coefficient (Wildman–Crippen LogP) is 1.67. The van der Waals surface area contributed by atoms with Crippen LogP contribution in [0.3, 0.4) is 0 Å². The lowest BCUT2D eigenvalue weighted by Gasteiger charge is -2.36. The van der Waals surface area contributed by atoms with Gasteiger partial charge in [-0.1, -0.05) is 5.16 Å². The van der Waals surface area contributed by atoms with Gasteiger partial charge in [0.1, 0.15) is 17.8 Å². The van der Waals surface area contributed by atoms with Crippen LogP contribution in [0, 0.1) is 0 Å². The Labute approximate surface area is 159 Å². The summed E-state index contributed by atoms with van der Waals surface area (Å²) in [6.45, 7) is 7.67. The van der Waals surface area contributed by atoms with E-state index in [9.17, 15) is 5.11 Å². The molecule has 1 aliphatic heterocycles. The Morgan fingerprint density at radius 2 is 2.11 bits per heavy atom. The first-order valence-corrected chi connectivity index (χ1v) is 9.20. The maximum absolute atomic E-state index is 10.1. The van der Waals surface area contributed by atoms with E-state index >= 15 is 0 Å². The van der Waals surface area contributed by atoms with Crippen molar-refractivity contribution >= 4 is 5.96 Å². The number of nitrogens with one attached hydrogen (secondary N) is 1. The van der Waals surface area contributed by atoms with Crippen molar-refractivity contribution in [1.82, 2.24) is 20.3 Å². The van der Waals surface area contributed by atoms with Gasteiger partial charge in [-0.25, -0.2) is 4.99 Å². The molecular weight excluding hydrogens is 346 g/mol. The van der Waals surface area contributed by atoms with E-state index < -0.39 is 0 Å². The van der Waals surface area contributed by atoms with E-state index in [2.05, 4.69) is 27.2 Å². The molecule has 1 aromatic carbocycles. The van der Waals surface area contributed by atoms with Gasteiger partial charge in [-0.05, 0) is 25.1 Å². The van der Waals surface area contributed by atoms with Gasteiger partial charge >= 0.3 is 0 Å². The number of phenols is 1. The lowest BCUT2D eigenvalue weighted by atomic mass is 10.2. The first-order valence-electron chi connectivity index (χ1n) is 9.20. The number of hydrogen-bond donors (Lipinski definition) is 2. The smallest absolute Gasteiger partial charge is 0.194 e. The molecule has 2 heterocycles. The average molecular weight is 373 g/mol. The summed E-state index contributed by atoms with van der Waals surface area (Å²) < 4.78 is 10.1. The number of guanidine groups is 1. The Morgan fingerprint density at radius 3 is 2.78 bits per heavy atom. The number of aliphatic imine (C=N–C) groups is 1. The summed E-state index contributed by atoms with van der Waals surface area (Å²) in [4.78, 5) is 9.32. The molecule has 0 radical (unpaired) electrons. The van der Waals surface area contributed by atoms with E-state index in [1.165, 1.54) is 0 Å². The van der Waals surface area contributed by atoms with Gasteiger partial charge in [0.05, 0.1) is 19.3 Å². The number of ether oxygens (including phenoxy) is 1. The number of aromatic nitrogens is 1. The lowest BCUT2D eigenvalue weighted by molar-refractivity contribution is 0.169. The molecule has 1 saturated heterocycles. The minimum atomic E-state index is 0.229. The van der Waals surface area contributed by atoms with Gasteiger partial charge in [-0.3, -0.25) is 4.90 Å². The maximum Gasteiger partial charge on any atom is 0.194 e. The lowest BCUT2D eigenvalue weighted by Crippen LogP contribution is -2.52. The van der Waals surface area contributed by atoms with Gasteiger partial charge in [-0.2, -0.15) is 0 Å². The topological polar surface area (TPSA) is 86.4 Å². The highest BCUT2D eigenvalue weighted by Gasteiger charge is 2.20. The number of rotatable bonds is 6. The van der Waals surface area contributed by atoms with Crippen molar-refractivity contribution in [3.05, 3.63) is 41.8 Å². The zero-order valence-electron chi connectivity index (χ0n) is 15.9. The van der Waals surface area contributed by atoms with E-state index in [0.29, 0.717) is 12.3 Å². The molecular formula is C19H27N5O3. The Hall–Kier alpha value is -2.74. The molecule has 1 aliphatic rings. The van der Waals surface area contributed by atoms with E-state index in [4.69, 9.17) is 14.3 Å². The molecule has 8 nitrogen and oxygen atoms in total. The van der Waals surface area contributed by atoms with E-state index in [1.807, 2.05) is 12.1 Å². The second-order valence-electron chi connectivity index (χ2n) is 6.42. The first-order chi connectivity index (χ1) is 13.2. The van der Waals surface area contributed by atoms with E-state index in [-0.39, 0.29) is 5.75 Å². The summed E-state index contributed by atoms with van der Waals surface area (Å²) in [6, 6.07) is 7.10. The number of piperazine rings is 1. The molecule has 0 unspecified atom stereocenters. The summed E-state index contributed by atoms with van der Waals surface area (Å²) in [5.74, 6) is 1.80. The first kappa shape index (κ1) is 19.0. The SMILES string of the molecule is CCNC(=NCc1cc(OC)ccc1O)N1CCN(Cc2ccon2)CC1. The van der Waals surface area contributed by atoms with Gasteiger partial charge in [0.15, 0.2) is 5.96 Å². The zero-order chi connectivity index (χ0) is 19.1. The van der Waals surface area contributed by atoms with Gasteiger partial charge < -0.3 is 24.6 Å². The summed E-state index contributed by atoms with van der Waals surface area (Å²) in [6.07, 6.45) is 1.61. The number of hydrogen-bond acceptors (Lipinski definition) is 6. The molecule has 1 fully saturated rings. The number of phenolic OH excluding ortho intramolecular Hbond substituents is 1. The number of aromatic hydroxyl groups is 1. The van der Waals surface area contributed by atoms with Crippen LogP contribution in [0.15, 0.2) is 40.0 Å². The highest BCUT2D eigenvalue weighted by molar-refractivity contribution is 5.80. The van der Waals surface area contributed by atoms with E-state index in [0.717, 1.165) is 56.5 Å². The van der Waals surface area contributed by atoms with E-state index in [1.54, 1.807) is 25.5 Å². The van der Waals surface area contributed by atoms with Crippen molar-refractivity contribution in [2.24, 2.45) is 4.99 Å². The molecule has 2 aromatic rings. The molecule has 0 atom stereocenters. The Morgan fingerprint density at radius 1 is 1.30 bits per heavy atom. The summed E-state index contributed by atoms with van der Waals surface area (Å²) >= 11 is 0. The molecule has 8 heteroatoms. The third-order valence-corrected chi connectivity index (χ3v) is 4.57. The van der Waals surface area contributed by atoms with Crippen molar-refractivity contribution in [3.63, 3.8) is 0 Å². The summed E-state index contributed by atoms with van der Waals surface area (Å²) in [7, 11) is 1.61. The van der Waals surface area contributed by atoms with Crippen LogP contribution in [0.4, 0.5) is 0 Å². The highest BCUT2D eigenvalue weighted by atomic mass is 16.5. The molecule has 27 heavy (non-hydrogen) atoms. The third-order valence-electron chi connectivity index (χ3n) is 4.57. The summed E-state index contributed by atoms with van der Waals surface area (Å²) in [5.41, 5.74) is 1.70. The average Bonchev–Trinajstić information content (AvgIpc) is 3.20. The van der Waals surface area contributed by atoms with Crippen LogP contribution >= 0.6 is 0 Å². The molecule has 3 rings (SSSR count). The van der Waals surface area contributed by atoms with Crippen molar-refractivity contribution in [3.8, 4) is 11.5 Å².